The molecule has 0 fully saturated rings. The minimum atomic E-state index is -3.62. The van der Waals surface area contributed by atoms with Gasteiger partial charge in [-0.25, -0.2) is 13.2 Å². The SMILES string of the molecule is CCOC(=O)Nc1ccc(NS(=O)(=O)c2cc(C)sc2C)cc1. The van der Waals surface area contributed by atoms with Crippen LogP contribution in [0.25, 0.3) is 0 Å². The van der Waals surface area contributed by atoms with E-state index in [0.29, 0.717) is 11.4 Å². The fraction of sp³-hybridized carbons (Fsp3) is 0.267. The van der Waals surface area contributed by atoms with Gasteiger partial charge in [-0.1, -0.05) is 0 Å². The van der Waals surface area contributed by atoms with E-state index < -0.39 is 16.1 Å². The number of carbonyl (C=O) groups excluding carboxylic acids is 1. The number of nitrogens with one attached hydrogen (secondary N) is 2. The summed E-state index contributed by atoms with van der Waals surface area (Å²) in [7, 11) is -3.62. The molecule has 0 atom stereocenters. The van der Waals surface area contributed by atoms with Gasteiger partial charge in [0.05, 0.1) is 6.61 Å². The van der Waals surface area contributed by atoms with Crippen molar-refractivity contribution in [3.05, 3.63) is 40.1 Å². The number of rotatable bonds is 5. The molecule has 0 aliphatic carbocycles. The number of amides is 1. The van der Waals surface area contributed by atoms with Gasteiger partial charge >= 0.3 is 6.09 Å². The zero-order chi connectivity index (χ0) is 17.0. The number of aryl methyl sites for hydroxylation is 2. The van der Waals surface area contributed by atoms with Gasteiger partial charge in [0, 0.05) is 21.1 Å². The Kier molecular flexibility index (Phi) is 5.27. The van der Waals surface area contributed by atoms with Crippen LogP contribution in [-0.2, 0) is 14.8 Å². The van der Waals surface area contributed by atoms with Crippen LogP contribution in [0.3, 0.4) is 0 Å². The van der Waals surface area contributed by atoms with Crippen molar-refractivity contribution in [2.24, 2.45) is 0 Å². The molecule has 1 amide bonds. The summed E-state index contributed by atoms with van der Waals surface area (Å²) in [5, 5.41) is 2.54. The fourth-order valence-corrected chi connectivity index (χ4v) is 4.61. The van der Waals surface area contributed by atoms with Gasteiger partial charge in [0.1, 0.15) is 4.90 Å². The third kappa shape index (κ3) is 4.46. The monoisotopic (exact) mass is 354 g/mol. The third-order valence-corrected chi connectivity index (χ3v) is 5.55. The van der Waals surface area contributed by atoms with Gasteiger partial charge < -0.3 is 4.74 Å². The highest BCUT2D eigenvalue weighted by molar-refractivity contribution is 7.93. The average molecular weight is 354 g/mol. The maximum absolute atomic E-state index is 12.4. The van der Waals surface area contributed by atoms with E-state index in [1.54, 1.807) is 44.2 Å². The summed E-state index contributed by atoms with van der Waals surface area (Å²) in [4.78, 5) is 13.3. The molecule has 0 radical (unpaired) electrons. The van der Waals surface area contributed by atoms with Crippen LogP contribution in [-0.4, -0.2) is 21.1 Å². The average Bonchev–Trinajstić information content (AvgIpc) is 2.81. The molecule has 0 bridgehead atoms. The van der Waals surface area contributed by atoms with E-state index in [1.807, 2.05) is 6.92 Å². The van der Waals surface area contributed by atoms with Crippen molar-refractivity contribution >= 4 is 38.8 Å². The molecule has 0 saturated heterocycles. The predicted molar refractivity (Wildman–Crippen MR) is 91.7 cm³/mol. The predicted octanol–water partition coefficient (Wildman–Crippen LogP) is 3.73. The molecule has 1 heterocycles. The minimum absolute atomic E-state index is 0.281. The highest BCUT2D eigenvalue weighted by atomic mass is 32.2. The van der Waals surface area contributed by atoms with E-state index in [-0.39, 0.29) is 11.5 Å². The fourth-order valence-electron chi connectivity index (χ4n) is 1.99. The van der Waals surface area contributed by atoms with Crippen LogP contribution in [0.1, 0.15) is 16.7 Å². The third-order valence-electron chi connectivity index (χ3n) is 2.94. The molecule has 0 saturated carbocycles. The Hall–Kier alpha value is -2.06. The van der Waals surface area contributed by atoms with Crippen LogP contribution in [0.2, 0.25) is 0 Å². The molecule has 2 N–H and O–H groups in total. The Morgan fingerprint density at radius 3 is 2.30 bits per heavy atom. The molecule has 6 nitrogen and oxygen atoms in total. The Labute approximate surface area is 139 Å². The van der Waals surface area contributed by atoms with Gasteiger partial charge in [-0.05, 0) is 51.1 Å². The first kappa shape index (κ1) is 17.3. The highest BCUT2D eigenvalue weighted by Gasteiger charge is 2.19. The quantitative estimate of drug-likeness (QED) is 0.857. The number of benzene rings is 1. The molecule has 0 unspecified atom stereocenters. The lowest BCUT2D eigenvalue weighted by Gasteiger charge is -2.09. The number of anilines is 2. The topological polar surface area (TPSA) is 84.5 Å². The number of hydrogen-bond donors (Lipinski definition) is 2. The molecule has 1 aromatic heterocycles. The van der Waals surface area contributed by atoms with Crippen LogP contribution in [0.5, 0.6) is 0 Å². The van der Waals surface area contributed by atoms with E-state index >= 15 is 0 Å². The van der Waals surface area contributed by atoms with Crippen molar-refractivity contribution in [3.63, 3.8) is 0 Å². The lowest BCUT2D eigenvalue weighted by atomic mass is 10.3. The van der Waals surface area contributed by atoms with Gasteiger partial charge in [-0.15, -0.1) is 11.3 Å². The molecule has 0 spiro atoms. The van der Waals surface area contributed by atoms with Crippen LogP contribution >= 0.6 is 11.3 Å². The number of thiophene rings is 1. The zero-order valence-corrected chi connectivity index (χ0v) is 14.7. The maximum atomic E-state index is 12.4. The summed E-state index contributed by atoms with van der Waals surface area (Å²) in [5.41, 5.74) is 0.941. The van der Waals surface area contributed by atoms with Crippen molar-refractivity contribution in [2.75, 3.05) is 16.6 Å². The van der Waals surface area contributed by atoms with E-state index in [0.717, 1.165) is 9.75 Å². The van der Waals surface area contributed by atoms with Gasteiger partial charge in [0.2, 0.25) is 0 Å². The van der Waals surface area contributed by atoms with E-state index in [4.69, 9.17) is 4.74 Å². The van der Waals surface area contributed by atoms with Crippen molar-refractivity contribution in [3.8, 4) is 0 Å². The molecule has 8 heteroatoms. The smallest absolute Gasteiger partial charge is 0.411 e. The Morgan fingerprint density at radius 1 is 1.17 bits per heavy atom. The summed E-state index contributed by atoms with van der Waals surface area (Å²) in [6.07, 6.45) is -0.551. The van der Waals surface area contributed by atoms with E-state index in [9.17, 15) is 13.2 Å². The first-order valence-corrected chi connectivity index (χ1v) is 9.25. The molecule has 23 heavy (non-hydrogen) atoms. The van der Waals surface area contributed by atoms with Crippen LogP contribution in [0.15, 0.2) is 35.2 Å². The molecular formula is C15H18N2O4S2. The number of ether oxygens (including phenoxy) is 1. The number of hydrogen-bond acceptors (Lipinski definition) is 5. The van der Waals surface area contributed by atoms with Crippen molar-refractivity contribution in [1.29, 1.82) is 0 Å². The molecule has 0 aliphatic heterocycles. The van der Waals surface area contributed by atoms with Gasteiger partial charge in [0.25, 0.3) is 10.0 Å². The second-order valence-electron chi connectivity index (χ2n) is 4.81. The van der Waals surface area contributed by atoms with Crippen LogP contribution in [0, 0.1) is 13.8 Å². The van der Waals surface area contributed by atoms with Crippen molar-refractivity contribution < 1.29 is 17.9 Å². The molecule has 2 aromatic rings. The lowest BCUT2D eigenvalue weighted by molar-refractivity contribution is 0.168. The largest absolute Gasteiger partial charge is 0.450 e. The second kappa shape index (κ2) is 7.01. The van der Waals surface area contributed by atoms with Gasteiger partial charge in [0.15, 0.2) is 0 Å². The molecule has 1 aromatic carbocycles. The Morgan fingerprint density at radius 2 is 1.78 bits per heavy atom. The van der Waals surface area contributed by atoms with Gasteiger partial charge in [-0.3, -0.25) is 10.0 Å². The maximum Gasteiger partial charge on any atom is 0.411 e. The highest BCUT2D eigenvalue weighted by Crippen LogP contribution is 2.27. The van der Waals surface area contributed by atoms with E-state index in [1.165, 1.54) is 11.3 Å². The number of sulfonamides is 1. The molecule has 124 valence electrons. The normalized spacial score (nSPS) is 11.1. The summed E-state index contributed by atoms with van der Waals surface area (Å²) in [6.45, 7) is 5.64. The first-order chi connectivity index (χ1) is 10.8. The second-order valence-corrected chi connectivity index (χ2v) is 7.92. The number of carbonyl (C=O) groups is 1. The van der Waals surface area contributed by atoms with Gasteiger partial charge in [-0.2, -0.15) is 0 Å². The minimum Gasteiger partial charge on any atom is -0.450 e. The summed E-state index contributed by atoms with van der Waals surface area (Å²) >= 11 is 1.44. The zero-order valence-electron chi connectivity index (χ0n) is 13.0. The van der Waals surface area contributed by atoms with Crippen LogP contribution in [0.4, 0.5) is 16.2 Å². The molecule has 2 rings (SSSR count). The summed E-state index contributed by atoms with van der Waals surface area (Å²) < 4.78 is 32.1. The first-order valence-electron chi connectivity index (χ1n) is 6.95. The van der Waals surface area contributed by atoms with E-state index in [2.05, 4.69) is 10.0 Å². The summed E-state index contributed by atoms with van der Waals surface area (Å²) in [6, 6.07) is 8.00. The molecular weight excluding hydrogens is 336 g/mol. The summed E-state index contributed by atoms with van der Waals surface area (Å²) in [5.74, 6) is 0. The Bertz CT molecular complexity index is 795. The van der Waals surface area contributed by atoms with Crippen molar-refractivity contribution in [2.45, 2.75) is 25.7 Å². The Balaban J connectivity index is 2.11. The lowest BCUT2D eigenvalue weighted by Crippen LogP contribution is -2.14. The van der Waals surface area contributed by atoms with Crippen molar-refractivity contribution in [1.82, 2.24) is 0 Å². The molecule has 0 aliphatic rings. The standard InChI is InChI=1S/C15H18N2O4S2/c1-4-21-15(18)16-12-5-7-13(8-6-12)17-23(19,20)14-9-10(2)22-11(14)3/h5-9,17H,4H2,1-3H3,(H,16,18). The van der Waals surface area contributed by atoms with Crippen LogP contribution < -0.4 is 10.0 Å².